The summed E-state index contributed by atoms with van der Waals surface area (Å²) in [5.74, 6) is -7.43. The number of phenols is 1. The van der Waals surface area contributed by atoms with E-state index in [-0.39, 0.29) is 48.7 Å². The zero-order valence-corrected chi connectivity index (χ0v) is 30.7. The first-order valence-electron chi connectivity index (χ1n) is 14.8. The SMILES string of the molecule is C=C(C)C(=O)OCC(COC(=O)C(=C)C)OP(=O)(O)O.C=C(C)C(=O)OCCOC(=O)c1cc(C(=O)O)c(C(=O)OCCOC(=O)C(=C)C)cc1O.C=O. The van der Waals surface area contributed by atoms with Crippen LogP contribution in [-0.2, 0) is 61.5 Å². The van der Waals surface area contributed by atoms with Gasteiger partial charge in [0.2, 0.25) is 0 Å². The van der Waals surface area contributed by atoms with Gasteiger partial charge in [-0.2, -0.15) is 0 Å². The van der Waals surface area contributed by atoms with Crippen molar-refractivity contribution in [2.45, 2.75) is 33.8 Å². The van der Waals surface area contributed by atoms with Crippen LogP contribution in [0.4, 0.5) is 0 Å². The molecule has 0 radical (unpaired) electrons. The minimum Gasteiger partial charge on any atom is -0.507 e. The zero-order chi connectivity index (χ0) is 42.3. The number of rotatable bonds is 19. The maximum atomic E-state index is 12.2. The van der Waals surface area contributed by atoms with Gasteiger partial charge < -0.3 is 53.2 Å². The van der Waals surface area contributed by atoms with E-state index >= 15 is 0 Å². The van der Waals surface area contributed by atoms with Crippen LogP contribution in [0.2, 0.25) is 0 Å². The quantitative estimate of drug-likeness (QED) is 0.0513. The molecule has 20 nitrogen and oxygen atoms in total. The molecule has 0 unspecified atom stereocenters. The molecule has 1 rings (SSSR count). The number of aromatic carboxylic acids is 1. The van der Waals surface area contributed by atoms with Gasteiger partial charge in [-0.1, -0.05) is 26.3 Å². The third-order valence-corrected chi connectivity index (χ3v) is 5.96. The number of carbonyl (C=O) groups excluding carboxylic acids is 7. The maximum Gasteiger partial charge on any atom is 0.470 e. The van der Waals surface area contributed by atoms with Crippen molar-refractivity contribution in [2.75, 3.05) is 39.6 Å². The molecule has 0 aliphatic carbocycles. The smallest absolute Gasteiger partial charge is 0.470 e. The summed E-state index contributed by atoms with van der Waals surface area (Å²) in [5.41, 5.74) is -1.18. The lowest BCUT2D eigenvalue weighted by Gasteiger charge is -2.18. The number of phenolic OH excluding ortho intramolecular Hbond substituents is 1. The summed E-state index contributed by atoms with van der Waals surface area (Å²) >= 11 is 0. The molecule has 0 amide bonds. The maximum absolute atomic E-state index is 12.2. The van der Waals surface area contributed by atoms with E-state index in [1.807, 2.05) is 6.79 Å². The van der Waals surface area contributed by atoms with Gasteiger partial charge in [0.1, 0.15) is 63.8 Å². The molecule has 298 valence electrons. The lowest BCUT2D eigenvalue weighted by Crippen LogP contribution is -2.28. The van der Waals surface area contributed by atoms with Crippen LogP contribution in [0.15, 0.2) is 60.7 Å². The number of esters is 6. The Kier molecular flexibility index (Phi) is 23.3. The van der Waals surface area contributed by atoms with Crippen molar-refractivity contribution in [3.05, 3.63) is 77.4 Å². The van der Waals surface area contributed by atoms with Crippen LogP contribution < -0.4 is 0 Å². The first-order valence-corrected chi connectivity index (χ1v) is 16.3. The van der Waals surface area contributed by atoms with Crippen molar-refractivity contribution in [1.82, 2.24) is 0 Å². The molecular weight excluding hydrogens is 747 g/mol. The second-order valence-corrected chi connectivity index (χ2v) is 11.5. The highest BCUT2D eigenvalue weighted by atomic mass is 31.2. The number of benzene rings is 1. The molecule has 1 aromatic rings. The normalized spacial score (nSPS) is 10.1. The van der Waals surface area contributed by atoms with Gasteiger partial charge in [0.25, 0.3) is 0 Å². The Labute approximate surface area is 308 Å². The molecule has 0 spiro atoms. The number of carbonyl (C=O) groups is 8. The number of phosphoric acid groups is 1. The number of aromatic hydroxyl groups is 1. The van der Waals surface area contributed by atoms with E-state index in [2.05, 4.69) is 40.3 Å². The fourth-order valence-electron chi connectivity index (χ4n) is 2.92. The van der Waals surface area contributed by atoms with Crippen molar-refractivity contribution < 1.29 is 95.9 Å². The van der Waals surface area contributed by atoms with Crippen LogP contribution in [0, 0.1) is 0 Å². The largest absolute Gasteiger partial charge is 0.507 e. The average Bonchev–Trinajstić information content (AvgIpc) is 3.08. The first kappa shape index (κ1) is 50.2. The number of ether oxygens (including phenoxy) is 6. The van der Waals surface area contributed by atoms with Gasteiger partial charge in [-0.15, -0.1) is 0 Å². The first-order chi connectivity index (χ1) is 25.0. The Hall–Kier alpha value is -5.95. The van der Waals surface area contributed by atoms with E-state index in [1.54, 1.807) is 0 Å². The van der Waals surface area contributed by atoms with Crippen LogP contribution in [-0.4, -0.2) is 114 Å². The summed E-state index contributed by atoms with van der Waals surface area (Å²) < 4.78 is 43.6. The van der Waals surface area contributed by atoms with Gasteiger partial charge in [-0.25, -0.2) is 38.1 Å². The van der Waals surface area contributed by atoms with Gasteiger partial charge in [-0.05, 0) is 39.8 Å². The van der Waals surface area contributed by atoms with E-state index in [9.17, 15) is 48.3 Å². The fraction of sp³-hybridized carbons (Fsp3) is 0.333. The molecule has 0 aliphatic rings. The Morgan fingerprint density at radius 3 is 1.26 bits per heavy atom. The molecule has 0 heterocycles. The molecule has 4 N–H and O–H groups in total. The average molecular weight is 789 g/mol. The van der Waals surface area contributed by atoms with Crippen molar-refractivity contribution in [2.24, 2.45) is 0 Å². The Morgan fingerprint density at radius 1 is 0.593 bits per heavy atom. The highest BCUT2D eigenvalue weighted by molar-refractivity contribution is 7.46. The van der Waals surface area contributed by atoms with Crippen LogP contribution in [0.5, 0.6) is 5.75 Å². The second-order valence-electron chi connectivity index (χ2n) is 10.3. The molecule has 0 saturated heterocycles. The number of phosphoric ester groups is 1. The number of carboxylic acids is 1. The minimum atomic E-state index is -4.82. The molecular formula is C33H41O20P. The van der Waals surface area contributed by atoms with Gasteiger partial charge >= 0.3 is 49.6 Å². The molecule has 0 aliphatic heterocycles. The van der Waals surface area contributed by atoms with Gasteiger partial charge in [0, 0.05) is 22.3 Å². The van der Waals surface area contributed by atoms with E-state index in [0.717, 1.165) is 12.1 Å². The lowest BCUT2D eigenvalue weighted by molar-refractivity contribution is -0.147. The number of carboxylic acid groups (broad SMARTS) is 1. The van der Waals surface area contributed by atoms with Crippen molar-refractivity contribution in [1.29, 1.82) is 0 Å². The van der Waals surface area contributed by atoms with E-state index in [1.165, 1.54) is 27.7 Å². The van der Waals surface area contributed by atoms with Crippen LogP contribution in [0.3, 0.4) is 0 Å². The van der Waals surface area contributed by atoms with Gasteiger partial charge in [-0.3, -0.25) is 4.52 Å². The second kappa shape index (κ2) is 25.1. The molecule has 0 atom stereocenters. The minimum absolute atomic E-state index is 0.110. The van der Waals surface area contributed by atoms with E-state index < -0.39 is 91.4 Å². The highest BCUT2D eigenvalue weighted by Gasteiger charge is 2.26. The van der Waals surface area contributed by atoms with Crippen LogP contribution in [0.1, 0.15) is 58.8 Å². The Morgan fingerprint density at radius 2 is 0.926 bits per heavy atom. The zero-order valence-electron chi connectivity index (χ0n) is 29.8. The number of hydrogen-bond donors (Lipinski definition) is 4. The molecule has 0 saturated carbocycles. The monoisotopic (exact) mass is 788 g/mol. The van der Waals surface area contributed by atoms with Crippen LogP contribution >= 0.6 is 7.82 Å². The molecule has 54 heavy (non-hydrogen) atoms. The van der Waals surface area contributed by atoms with Crippen molar-refractivity contribution >= 4 is 56.4 Å². The highest BCUT2D eigenvalue weighted by Crippen LogP contribution is 2.37. The van der Waals surface area contributed by atoms with Gasteiger partial charge in [0.15, 0.2) is 0 Å². The molecule has 21 heteroatoms. The molecule has 0 aromatic heterocycles. The Bertz CT molecular complexity index is 1620. The summed E-state index contributed by atoms with van der Waals surface area (Å²) in [6.45, 7) is 18.8. The third-order valence-electron chi connectivity index (χ3n) is 5.39. The Balaban J connectivity index is 0. The topological polar surface area (TPSA) is 299 Å². The van der Waals surface area contributed by atoms with Crippen molar-refractivity contribution in [3.8, 4) is 5.75 Å². The van der Waals surface area contributed by atoms with E-state index in [0.29, 0.717) is 0 Å². The summed E-state index contributed by atoms with van der Waals surface area (Å²) in [6.07, 6.45) is -1.30. The lowest BCUT2D eigenvalue weighted by atomic mass is 10.0. The summed E-state index contributed by atoms with van der Waals surface area (Å²) in [7, 11) is -4.82. The van der Waals surface area contributed by atoms with Gasteiger partial charge in [0.05, 0.1) is 11.1 Å². The third kappa shape index (κ3) is 20.8. The summed E-state index contributed by atoms with van der Waals surface area (Å²) in [4.78, 5) is 106. The van der Waals surface area contributed by atoms with Crippen LogP contribution in [0.25, 0.3) is 0 Å². The van der Waals surface area contributed by atoms with Crippen molar-refractivity contribution in [3.63, 3.8) is 0 Å². The predicted molar refractivity (Wildman–Crippen MR) is 183 cm³/mol. The predicted octanol–water partition coefficient (Wildman–Crippen LogP) is 2.16. The van der Waals surface area contributed by atoms with E-state index in [4.69, 9.17) is 33.5 Å². The molecule has 1 aromatic carbocycles. The number of hydrogen-bond acceptors (Lipinski definition) is 17. The standard InChI is InChI=1S/C21H22O11.C11H17O8P.CH2O/c1-11(2)18(25)29-5-7-31-20(27)14-10-16(22)15(9-13(14)17(23)24)21(28)32-8-6-30-19(26)12(3)4;1-7(2)10(12)17-5-9(19-20(14,15)16)6-18-11(13)8(3)4;1-2/h9-10,22H,1,3,5-8H2,2,4H3,(H,23,24);9H,1,3,5-6H2,2,4H3,(H2,14,15,16);1H2. The molecule has 0 bridgehead atoms. The summed E-state index contributed by atoms with van der Waals surface area (Å²) in [6, 6.07) is 1.49. The molecule has 0 fully saturated rings. The fourth-order valence-corrected chi connectivity index (χ4v) is 3.43. The summed E-state index contributed by atoms with van der Waals surface area (Å²) in [5, 5.41) is 19.4.